The van der Waals surface area contributed by atoms with Crippen LogP contribution in [0.15, 0.2) is 60.7 Å². The van der Waals surface area contributed by atoms with Crippen molar-refractivity contribution in [2.24, 2.45) is 0 Å². The second-order valence-electron chi connectivity index (χ2n) is 5.86. The van der Waals surface area contributed by atoms with Gasteiger partial charge in [-0.05, 0) is 23.3 Å². The summed E-state index contributed by atoms with van der Waals surface area (Å²) >= 11 is 5.38. The van der Waals surface area contributed by atoms with Crippen molar-refractivity contribution in [1.29, 1.82) is 0 Å². The molecule has 124 valence electrons. The van der Waals surface area contributed by atoms with Gasteiger partial charge in [0.05, 0.1) is 19.8 Å². The van der Waals surface area contributed by atoms with Crippen LogP contribution in [-0.4, -0.2) is 21.4 Å². The van der Waals surface area contributed by atoms with E-state index in [1.54, 1.807) is 0 Å². The predicted octanol–water partition coefficient (Wildman–Crippen LogP) is 4.31. The van der Waals surface area contributed by atoms with Crippen LogP contribution in [0.25, 0.3) is 0 Å². The number of benzene rings is 2. The molecule has 0 amide bonds. The zero-order valence-corrected chi connectivity index (χ0v) is 14.5. The first-order valence-corrected chi connectivity index (χ1v) is 8.45. The van der Waals surface area contributed by atoms with E-state index >= 15 is 0 Å². The SMILES string of the molecule is C[C@H](COCc1ccccc1)c1n[nH]c(=S)n1Cc1ccccc1. The van der Waals surface area contributed by atoms with Gasteiger partial charge in [-0.15, -0.1) is 0 Å². The molecule has 0 unspecified atom stereocenters. The highest BCUT2D eigenvalue weighted by Crippen LogP contribution is 2.16. The van der Waals surface area contributed by atoms with Crippen LogP contribution >= 0.6 is 12.2 Å². The minimum Gasteiger partial charge on any atom is -0.376 e. The molecule has 2 aromatic carbocycles. The summed E-state index contributed by atoms with van der Waals surface area (Å²) in [5.41, 5.74) is 2.38. The average molecular weight is 339 g/mol. The summed E-state index contributed by atoms with van der Waals surface area (Å²) in [6, 6.07) is 20.4. The Bertz CT molecular complexity index is 811. The monoisotopic (exact) mass is 339 g/mol. The van der Waals surface area contributed by atoms with E-state index in [4.69, 9.17) is 17.0 Å². The number of H-pyrrole nitrogens is 1. The largest absolute Gasteiger partial charge is 0.376 e. The Balaban J connectivity index is 1.65. The summed E-state index contributed by atoms with van der Waals surface area (Å²) in [6.45, 7) is 4.03. The highest BCUT2D eigenvalue weighted by atomic mass is 32.1. The van der Waals surface area contributed by atoms with Gasteiger partial charge in [-0.1, -0.05) is 67.6 Å². The minimum absolute atomic E-state index is 0.158. The zero-order chi connectivity index (χ0) is 16.8. The molecule has 0 radical (unpaired) electrons. The fourth-order valence-corrected chi connectivity index (χ4v) is 2.83. The van der Waals surface area contributed by atoms with Crippen molar-refractivity contribution >= 4 is 12.2 Å². The van der Waals surface area contributed by atoms with Crippen molar-refractivity contribution in [3.63, 3.8) is 0 Å². The van der Waals surface area contributed by atoms with E-state index < -0.39 is 0 Å². The summed E-state index contributed by atoms with van der Waals surface area (Å²) in [5.74, 6) is 1.09. The molecule has 0 saturated heterocycles. The highest BCUT2D eigenvalue weighted by Gasteiger charge is 2.15. The van der Waals surface area contributed by atoms with Crippen LogP contribution in [0.5, 0.6) is 0 Å². The van der Waals surface area contributed by atoms with Gasteiger partial charge in [-0.2, -0.15) is 5.10 Å². The van der Waals surface area contributed by atoms with Crippen molar-refractivity contribution in [1.82, 2.24) is 14.8 Å². The maximum atomic E-state index is 5.85. The van der Waals surface area contributed by atoms with Crippen LogP contribution in [0.2, 0.25) is 0 Å². The number of hydrogen-bond donors (Lipinski definition) is 1. The van der Waals surface area contributed by atoms with Crippen LogP contribution in [0, 0.1) is 4.77 Å². The lowest BCUT2D eigenvalue weighted by Gasteiger charge is -2.14. The van der Waals surface area contributed by atoms with Crippen LogP contribution in [0.1, 0.15) is 29.8 Å². The molecule has 0 bridgehead atoms. The van der Waals surface area contributed by atoms with Gasteiger partial charge in [0, 0.05) is 5.92 Å². The molecule has 1 heterocycles. The van der Waals surface area contributed by atoms with Crippen molar-refractivity contribution < 1.29 is 4.74 Å². The first-order chi connectivity index (χ1) is 11.7. The van der Waals surface area contributed by atoms with E-state index in [0.717, 1.165) is 5.82 Å². The van der Waals surface area contributed by atoms with E-state index in [-0.39, 0.29) is 5.92 Å². The normalized spacial score (nSPS) is 12.2. The molecule has 1 N–H and O–H groups in total. The van der Waals surface area contributed by atoms with E-state index in [2.05, 4.69) is 41.4 Å². The Hall–Kier alpha value is -2.24. The summed E-state index contributed by atoms with van der Waals surface area (Å²) in [6.07, 6.45) is 0. The second kappa shape index (κ2) is 8.04. The topological polar surface area (TPSA) is 42.8 Å². The van der Waals surface area contributed by atoms with Gasteiger partial charge >= 0.3 is 0 Å². The van der Waals surface area contributed by atoms with Gasteiger partial charge in [0.25, 0.3) is 0 Å². The Kier molecular flexibility index (Phi) is 5.56. The summed E-state index contributed by atoms with van der Waals surface area (Å²) < 4.78 is 8.53. The third-order valence-electron chi connectivity index (χ3n) is 3.89. The molecular formula is C19H21N3OS. The number of rotatable bonds is 7. The van der Waals surface area contributed by atoms with Crippen molar-refractivity contribution in [3.8, 4) is 0 Å². The molecule has 0 aliphatic heterocycles. The quantitative estimate of drug-likeness (QED) is 0.652. The summed E-state index contributed by atoms with van der Waals surface area (Å²) in [4.78, 5) is 0. The molecule has 1 atom stereocenters. The predicted molar refractivity (Wildman–Crippen MR) is 97.5 cm³/mol. The lowest BCUT2D eigenvalue weighted by atomic mass is 10.1. The Morgan fingerprint density at radius 2 is 1.67 bits per heavy atom. The number of aromatic nitrogens is 3. The van der Waals surface area contributed by atoms with Gasteiger partial charge in [0.1, 0.15) is 5.82 Å². The number of nitrogens with one attached hydrogen (secondary N) is 1. The van der Waals surface area contributed by atoms with E-state index in [1.165, 1.54) is 11.1 Å². The third kappa shape index (κ3) is 4.19. The fourth-order valence-electron chi connectivity index (χ4n) is 2.63. The van der Waals surface area contributed by atoms with Crippen molar-refractivity contribution in [3.05, 3.63) is 82.4 Å². The molecule has 3 rings (SSSR count). The van der Waals surface area contributed by atoms with Crippen molar-refractivity contribution in [2.45, 2.75) is 26.0 Å². The highest BCUT2D eigenvalue weighted by molar-refractivity contribution is 7.71. The fraction of sp³-hybridized carbons (Fsp3) is 0.263. The van der Waals surface area contributed by atoms with Gasteiger partial charge in [0.15, 0.2) is 4.77 Å². The second-order valence-corrected chi connectivity index (χ2v) is 6.25. The molecule has 3 aromatic rings. The smallest absolute Gasteiger partial charge is 0.195 e. The molecule has 0 fully saturated rings. The van der Waals surface area contributed by atoms with Crippen LogP contribution in [-0.2, 0) is 17.9 Å². The minimum atomic E-state index is 0.158. The summed E-state index contributed by atoms with van der Waals surface area (Å²) in [5, 5.41) is 7.31. The van der Waals surface area contributed by atoms with Crippen LogP contribution in [0.3, 0.4) is 0 Å². The molecule has 0 aliphatic rings. The Morgan fingerprint density at radius 3 is 2.33 bits per heavy atom. The van der Waals surface area contributed by atoms with Gasteiger partial charge < -0.3 is 4.74 Å². The Labute approximate surface area is 147 Å². The molecule has 5 heteroatoms. The first-order valence-electron chi connectivity index (χ1n) is 8.04. The standard InChI is InChI=1S/C19H21N3OS/c1-15(13-23-14-17-10-6-3-7-11-17)18-20-21-19(24)22(18)12-16-8-4-2-5-9-16/h2-11,15H,12-14H2,1H3,(H,21,24)/t15-/m1/s1. The zero-order valence-electron chi connectivity index (χ0n) is 13.7. The summed E-state index contributed by atoms with van der Waals surface area (Å²) in [7, 11) is 0. The maximum Gasteiger partial charge on any atom is 0.195 e. The number of nitrogens with zero attached hydrogens (tertiary/aromatic N) is 2. The van der Waals surface area contributed by atoms with Crippen molar-refractivity contribution in [2.75, 3.05) is 6.61 Å². The van der Waals surface area contributed by atoms with E-state index in [9.17, 15) is 0 Å². The van der Waals surface area contributed by atoms with E-state index in [1.807, 2.05) is 41.0 Å². The number of ether oxygens (including phenoxy) is 1. The molecule has 0 saturated carbocycles. The molecule has 4 nitrogen and oxygen atoms in total. The molecule has 0 spiro atoms. The molecule has 24 heavy (non-hydrogen) atoms. The van der Waals surface area contributed by atoms with Gasteiger partial charge in [0.2, 0.25) is 0 Å². The Morgan fingerprint density at radius 1 is 1.04 bits per heavy atom. The first kappa shape index (κ1) is 16.6. The molecule has 1 aromatic heterocycles. The van der Waals surface area contributed by atoms with Gasteiger partial charge in [-0.3, -0.25) is 9.67 Å². The van der Waals surface area contributed by atoms with Gasteiger partial charge in [-0.25, -0.2) is 0 Å². The number of aromatic amines is 1. The molecular weight excluding hydrogens is 318 g/mol. The van der Waals surface area contributed by atoms with Crippen LogP contribution < -0.4 is 0 Å². The molecule has 0 aliphatic carbocycles. The maximum absolute atomic E-state index is 5.85. The lowest BCUT2D eigenvalue weighted by molar-refractivity contribution is 0.108. The number of hydrogen-bond acceptors (Lipinski definition) is 3. The lowest BCUT2D eigenvalue weighted by Crippen LogP contribution is -2.13. The van der Waals surface area contributed by atoms with Crippen LogP contribution in [0.4, 0.5) is 0 Å². The third-order valence-corrected chi connectivity index (χ3v) is 4.20. The van der Waals surface area contributed by atoms with E-state index in [0.29, 0.717) is 24.5 Å². The average Bonchev–Trinajstić information content (AvgIpc) is 2.97.